The topological polar surface area (TPSA) is 112 Å². The van der Waals surface area contributed by atoms with Gasteiger partial charge in [0.2, 0.25) is 0 Å². The van der Waals surface area contributed by atoms with Gasteiger partial charge in [0.25, 0.3) is 11.8 Å². The lowest BCUT2D eigenvalue weighted by molar-refractivity contribution is -0.119. The summed E-state index contributed by atoms with van der Waals surface area (Å²) in [6, 6.07) is 15.1. The Bertz CT molecular complexity index is 1730. The van der Waals surface area contributed by atoms with Crippen molar-refractivity contribution in [1.82, 2.24) is 9.55 Å². The number of hydrogen-bond acceptors (Lipinski definition) is 6. The number of carbonyl (C=O) groups is 2. The zero-order valence-electron chi connectivity index (χ0n) is 22.1. The number of benzene rings is 3. The third-order valence-corrected chi connectivity index (χ3v) is 7.85. The Balaban J connectivity index is 1.71. The summed E-state index contributed by atoms with van der Waals surface area (Å²) in [6.07, 6.45) is 0. The van der Waals surface area contributed by atoms with E-state index in [0.29, 0.717) is 61.3 Å². The molecule has 0 unspecified atom stereocenters. The molecule has 0 saturated heterocycles. The van der Waals surface area contributed by atoms with E-state index in [4.69, 9.17) is 43.4 Å². The van der Waals surface area contributed by atoms with Crippen LogP contribution in [0.3, 0.4) is 0 Å². The van der Waals surface area contributed by atoms with Gasteiger partial charge in [-0.2, -0.15) is 0 Å². The summed E-state index contributed by atoms with van der Waals surface area (Å²) in [5.74, 6) is 0.543. The molecule has 6 rings (SSSR count). The molecule has 2 aliphatic rings. The second-order valence-electron chi connectivity index (χ2n) is 9.87. The smallest absolute Gasteiger partial charge is 0.280 e. The first kappa shape index (κ1) is 26.0. The zero-order valence-corrected chi connectivity index (χ0v) is 23.6. The van der Waals surface area contributed by atoms with E-state index in [1.807, 2.05) is 18.4 Å². The molecular formula is C29H25Cl2N5O4. The summed E-state index contributed by atoms with van der Waals surface area (Å²) in [5.41, 5.74) is 7.64. The maximum absolute atomic E-state index is 14.4. The molecule has 2 amide bonds. The highest BCUT2D eigenvalue weighted by molar-refractivity contribution is 6.33. The minimum absolute atomic E-state index is 0.146. The van der Waals surface area contributed by atoms with Gasteiger partial charge in [-0.25, -0.2) is 4.98 Å². The van der Waals surface area contributed by atoms with Crippen molar-refractivity contribution in [2.75, 3.05) is 30.2 Å². The van der Waals surface area contributed by atoms with Crippen molar-refractivity contribution in [3.63, 3.8) is 0 Å². The van der Waals surface area contributed by atoms with E-state index in [-0.39, 0.29) is 11.7 Å². The van der Waals surface area contributed by atoms with Crippen LogP contribution in [0.2, 0.25) is 10.0 Å². The highest BCUT2D eigenvalue weighted by Crippen LogP contribution is 2.55. The predicted molar refractivity (Wildman–Crippen MR) is 155 cm³/mol. The van der Waals surface area contributed by atoms with Crippen LogP contribution in [0.25, 0.3) is 11.4 Å². The number of methoxy groups -OCH3 is 2. The van der Waals surface area contributed by atoms with Gasteiger partial charge in [0.05, 0.1) is 30.5 Å². The van der Waals surface area contributed by atoms with E-state index in [1.165, 1.54) is 12.0 Å². The van der Waals surface area contributed by atoms with E-state index in [0.717, 1.165) is 0 Å². The van der Waals surface area contributed by atoms with Crippen molar-refractivity contribution >= 4 is 52.1 Å². The number of amides is 2. The molecule has 9 nitrogen and oxygen atoms in total. The lowest BCUT2D eigenvalue weighted by Crippen LogP contribution is -2.51. The lowest BCUT2D eigenvalue weighted by Gasteiger charge is -2.36. The van der Waals surface area contributed by atoms with Crippen LogP contribution in [0.1, 0.15) is 41.6 Å². The van der Waals surface area contributed by atoms with Crippen LogP contribution in [0, 0.1) is 0 Å². The number of halogens is 2. The van der Waals surface area contributed by atoms with Gasteiger partial charge in [0.1, 0.15) is 17.3 Å². The molecule has 3 N–H and O–H groups in total. The number of anilines is 3. The predicted octanol–water partition coefficient (Wildman–Crippen LogP) is 5.89. The summed E-state index contributed by atoms with van der Waals surface area (Å²) >= 11 is 12.8. The number of aromatic nitrogens is 2. The van der Waals surface area contributed by atoms with Crippen molar-refractivity contribution in [3.8, 4) is 22.9 Å². The molecule has 3 heterocycles. The number of rotatable bonds is 5. The van der Waals surface area contributed by atoms with Gasteiger partial charge in [-0.3, -0.25) is 14.5 Å². The number of nitrogens with zero attached hydrogens (tertiary/aromatic N) is 3. The number of imidazole rings is 1. The fraction of sp³-hybridized carbons (Fsp3) is 0.207. The minimum atomic E-state index is -1.60. The van der Waals surface area contributed by atoms with E-state index in [2.05, 4.69) is 5.32 Å². The summed E-state index contributed by atoms with van der Waals surface area (Å²) in [7, 11) is 3.05. The molecule has 3 aromatic carbocycles. The lowest BCUT2D eigenvalue weighted by atomic mass is 9.87. The molecule has 0 bridgehead atoms. The van der Waals surface area contributed by atoms with Crippen molar-refractivity contribution in [2.24, 2.45) is 0 Å². The second kappa shape index (κ2) is 9.18. The number of hydrogen-bond donors (Lipinski definition) is 2. The fourth-order valence-corrected chi connectivity index (χ4v) is 6.13. The molecule has 0 saturated carbocycles. The Labute approximate surface area is 240 Å². The molecule has 2 aliphatic heterocycles. The van der Waals surface area contributed by atoms with Gasteiger partial charge in [0, 0.05) is 39.8 Å². The zero-order chi connectivity index (χ0) is 28.5. The Morgan fingerprint density at radius 1 is 0.975 bits per heavy atom. The van der Waals surface area contributed by atoms with Gasteiger partial charge in [-0.05, 0) is 56.3 Å². The van der Waals surface area contributed by atoms with Crippen molar-refractivity contribution < 1.29 is 19.1 Å². The first-order chi connectivity index (χ1) is 19.1. The highest BCUT2D eigenvalue weighted by Gasteiger charge is 2.64. The molecular weight excluding hydrogens is 553 g/mol. The third kappa shape index (κ3) is 3.44. The van der Waals surface area contributed by atoms with Gasteiger partial charge < -0.3 is 25.1 Å². The van der Waals surface area contributed by atoms with Gasteiger partial charge in [0.15, 0.2) is 11.2 Å². The maximum Gasteiger partial charge on any atom is 0.280 e. The van der Waals surface area contributed by atoms with Crippen molar-refractivity contribution in [2.45, 2.75) is 25.4 Å². The Morgan fingerprint density at radius 2 is 1.73 bits per heavy atom. The van der Waals surface area contributed by atoms with Crippen LogP contribution in [0.5, 0.6) is 11.5 Å². The van der Waals surface area contributed by atoms with Crippen LogP contribution in [-0.2, 0) is 10.3 Å². The Kier molecular flexibility index (Phi) is 5.97. The molecule has 1 spiro atoms. The molecule has 1 aromatic heterocycles. The monoisotopic (exact) mass is 577 g/mol. The first-order valence-corrected chi connectivity index (χ1v) is 13.2. The van der Waals surface area contributed by atoms with E-state index in [1.54, 1.807) is 61.7 Å². The van der Waals surface area contributed by atoms with Gasteiger partial charge in [-0.1, -0.05) is 29.3 Å². The van der Waals surface area contributed by atoms with Crippen LogP contribution in [0.4, 0.5) is 17.1 Å². The first-order valence-electron chi connectivity index (χ1n) is 12.5. The molecule has 204 valence electrons. The van der Waals surface area contributed by atoms with Crippen LogP contribution in [0.15, 0.2) is 54.6 Å². The highest BCUT2D eigenvalue weighted by atomic mass is 35.5. The molecule has 1 atom stereocenters. The van der Waals surface area contributed by atoms with Crippen LogP contribution < -0.4 is 25.4 Å². The molecule has 0 aliphatic carbocycles. The van der Waals surface area contributed by atoms with E-state index < -0.39 is 17.4 Å². The molecule has 0 radical (unpaired) electrons. The molecule has 40 heavy (non-hydrogen) atoms. The van der Waals surface area contributed by atoms with Crippen LogP contribution in [-0.4, -0.2) is 35.6 Å². The summed E-state index contributed by atoms with van der Waals surface area (Å²) < 4.78 is 12.9. The SMILES string of the molecule is COc1ccc(N2C(=O)c3nc(-c4ccc(N)cc4OC)n(C(C)C)c3[C@]23C(=O)Nc2cc(Cl)ccc23)cc1Cl. The Hall–Kier alpha value is -4.21. The normalized spacial score (nSPS) is 17.4. The summed E-state index contributed by atoms with van der Waals surface area (Å²) in [5, 5.41) is 3.70. The largest absolute Gasteiger partial charge is 0.496 e. The Morgan fingerprint density at radius 3 is 2.40 bits per heavy atom. The number of nitrogens with one attached hydrogen (secondary N) is 1. The standard InChI is InChI=1S/C29H25Cl2N5O4/c1-14(2)35-25-24(34-26(35)18-8-6-16(32)12-23(18)40-4)27(37)36(17-7-10-22(39-3)20(31)13-17)29(25)19-9-5-15(30)11-21(19)33-28(29)38/h5-14H,32H2,1-4H3,(H,33,38)/t29-/m1/s1. The average molecular weight is 578 g/mol. The molecule has 0 fully saturated rings. The number of ether oxygens (including phenoxy) is 2. The van der Waals surface area contributed by atoms with E-state index in [9.17, 15) is 9.59 Å². The number of fused-ring (bicyclic) bond motifs is 4. The van der Waals surface area contributed by atoms with E-state index >= 15 is 0 Å². The number of carbonyl (C=O) groups excluding carboxylic acids is 2. The average Bonchev–Trinajstić information content (AvgIpc) is 3.52. The van der Waals surface area contributed by atoms with Gasteiger partial charge in [-0.15, -0.1) is 0 Å². The third-order valence-electron chi connectivity index (χ3n) is 7.32. The summed E-state index contributed by atoms with van der Waals surface area (Å²) in [4.78, 5) is 35.0. The van der Waals surface area contributed by atoms with Crippen LogP contribution >= 0.6 is 23.2 Å². The van der Waals surface area contributed by atoms with Crippen molar-refractivity contribution in [3.05, 3.63) is 81.6 Å². The maximum atomic E-state index is 14.4. The number of nitrogens with two attached hydrogens (primary N) is 1. The van der Waals surface area contributed by atoms with Crippen molar-refractivity contribution in [1.29, 1.82) is 0 Å². The molecule has 4 aromatic rings. The quantitative estimate of drug-likeness (QED) is 0.286. The fourth-order valence-electron chi connectivity index (χ4n) is 5.71. The number of nitrogen functional groups attached to an aromatic ring is 1. The minimum Gasteiger partial charge on any atom is -0.496 e. The van der Waals surface area contributed by atoms with Gasteiger partial charge >= 0.3 is 0 Å². The molecule has 11 heteroatoms. The second-order valence-corrected chi connectivity index (χ2v) is 10.7. The summed E-state index contributed by atoms with van der Waals surface area (Å²) in [6.45, 7) is 3.94.